The molecule has 2 N–H and O–H groups in total. The number of amides is 1. The Kier molecular flexibility index (Phi) is 5.31. The van der Waals surface area contributed by atoms with Crippen LogP contribution in [0.25, 0.3) is 0 Å². The van der Waals surface area contributed by atoms with Crippen LogP contribution in [0.4, 0.5) is 5.69 Å². The lowest BCUT2D eigenvalue weighted by Gasteiger charge is -2.11. The van der Waals surface area contributed by atoms with E-state index in [0.717, 1.165) is 0 Å². The number of ether oxygens (including phenoxy) is 1. The number of hydrogen-bond acceptors (Lipinski definition) is 4. The summed E-state index contributed by atoms with van der Waals surface area (Å²) in [6.07, 6.45) is 0.265. The van der Waals surface area contributed by atoms with Crippen molar-refractivity contribution in [1.82, 2.24) is 0 Å². The lowest BCUT2D eigenvalue weighted by molar-refractivity contribution is -0.134. The van der Waals surface area contributed by atoms with Crippen LogP contribution in [0.1, 0.15) is 39.6 Å². The molecule has 6 nitrogen and oxygen atoms in total. The molecular formula is C18H17NO5. The van der Waals surface area contributed by atoms with Gasteiger partial charge in [-0.15, -0.1) is 0 Å². The zero-order valence-corrected chi connectivity index (χ0v) is 13.3. The van der Waals surface area contributed by atoms with Crippen LogP contribution in [0.15, 0.2) is 42.5 Å². The van der Waals surface area contributed by atoms with Gasteiger partial charge in [0.15, 0.2) is 0 Å². The van der Waals surface area contributed by atoms with Crippen molar-refractivity contribution in [2.45, 2.75) is 20.3 Å². The molecule has 0 bridgehead atoms. The predicted molar refractivity (Wildman–Crippen MR) is 88.5 cm³/mol. The van der Waals surface area contributed by atoms with Crippen LogP contribution in [0.3, 0.4) is 0 Å². The van der Waals surface area contributed by atoms with Crippen LogP contribution in [-0.2, 0) is 4.79 Å². The summed E-state index contributed by atoms with van der Waals surface area (Å²) in [6.45, 7) is 3.32. The van der Waals surface area contributed by atoms with Crippen LogP contribution >= 0.6 is 0 Å². The minimum Gasteiger partial charge on any atom is -0.478 e. The van der Waals surface area contributed by atoms with Gasteiger partial charge in [-0.25, -0.2) is 4.79 Å². The second-order valence-electron chi connectivity index (χ2n) is 5.09. The summed E-state index contributed by atoms with van der Waals surface area (Å²) in [5.74, 6) is -1.42. The number of nitrogens with one attached hydrogen (secondary N) is 1. The number of benzene rings is 2. The maximum Gasteiger partial charge on any atom is 0.336 e. The molecule has 2 aromatic carbocycles. The first-order valence-corrected chi connectivity index (χ1v) is 7.37. The third-order valence-corrected chi connectivity index (χ3v) is 3.45. The molecular weight excluding hydrogens is 310 g/mol. The summed E-state index contributed by atoms with van der Waals surface area (Å²) in [5.41, 5.74) is 1.41. The molecule has 0 aliphatic carbocycles. The second kappa shape index (κ2) is 7.41. The van der Waals surface area contributed by atoms with Gasteiger partial charge in [-0.05, 0) is 48.9 Å². The van der Waals surface area contributed by atoms with Crippen molar-refractivity contribution in [3.05, 3.63) is 59.2 Å². The molecule has 0 aliphatic heterocycles. The number of anilines is 1. The zero-order chi connectivity index (χ0) is 17.7. The van der Waals surface area contributed by atoms with E-state index in [1.165, 1.54) is 30.3 Å². The maximum absolute atomic E-state index is 12.3. The van der Waals surface area contributed by atoms with E-state index in [9.17, 15) is 14.4 Å². The number of carbonyl (C=O) groups is 3. The Morgan fingerprint density at radius 3 is 2.33 bits per heavy atom. The van der Waals surface area contributed by atoms with Gasteiger partial charge in [-0.2, -0.15) is 0 Å². The van der Waals surface area contributed by atoms with Crippen molar-refractivity contribution in [3.63, 3.8) is 0 Å². The molecule has 2 rings (SSSR count). The highest BCUT2D eigenvalue weighted by Gasteiger charge is 2.13. The molecule has 2 aromatic rings. The summed E-state index contributed by atoms with van der Waals surface area (Å²) in [4.78, 5) is 34.6. The van der Waals surface area contributed by atoms with E-state index in [1.807, 2.05) is 0 Å². The average molecular weight is 327 g/mol. The molecule has 6 heteroatoms. The Labute approximate surface area is 139 Å². The van der Waals surface area contributed by atoms with Gasteiger partial charge >= 0.3 is 11.9 Å². The first-order chi connectivity index (χ1) is 11.4. The van der Waals surface area contributed by atoms with Crippen molar-refractivity contribution in [3.8, 4) is 5.75 Å². The second-order valence-corrected chi connectivity index (χ2v) is 5.09. The van der Waals surface area contributed by atoms with E-state index in [2.05, 4.69) is 5.32 Å². The third kappa shape index (κ3) is 3.98. The van der Waals surface area contributed by atoms with Crippen molar-refractivity contribution in [2.24, 2.45) is 0 Å². The van der Waals surface area contributed by atoms with E-state index in [4.69, 9.17) is 9.84 Å². The van der Waals surface area contributed by atoms with Gasteiger partial charge in [0.2, 0.25) is 0 Å². The van der Waals surface area contributed by atoms with Crippen LogP contribution in [0.5, 0.6) is 5.75 Å². The Bertz CT molecular complexity index is 780. The molecule has 0 heterocycles. The van der Waals surface area contributed by atoms with Gasteiger partial charge in [0.05, 0.1) is 5.56 Å². The quantitative estimate of drug-likeness (QED) is 0.649. The van der Waals surface area contributed by atoms with Crippen LogP contribution in [-0.4, -0.2) is 23.0 Å². The third-order valence-electron chi connectivity index (χ3n) is 3.45. The van der Waals surface area contributed by atoms with Crippen LogP contribution < -0.4 is 10.1 Å². The molecule has 0 spiro atoms. The van der Waals surface area contributed by atoms with Crippen molar-refractivity contribution >= 4 is 23.5 Å². The number of rotatable bonds is 5. The lowest BCUT2D eigenvalue weighted by atomic mass is 10.1. The highest BCUT2D eigenvalue weighted by Crippen LogP contribution is 2.20. The minimum atomic E-state index is -1.05. The number of carboxylic acids is 1. The largest absolute Gasteiger partial charge is 0.478 e. The van der Waals surface area contributed by atoms with Gasteiger partial charge in [0, 0.05) is 17.7 Å². The molecule has 0 aliphatic rings. The van der Waals surface area contributed by atoms with E-state index in [-0.39, 0.29) is 23.9 Å². The summed E-state index contributed by atoms with van der Waals surface area (Å²) in [5, 5.41) is 11.8. The highest BCUT2D eigenvalue weighted by molar-refractivity contribution is 6.05. The fourth-order valence-electron chi connectivity index (χ4n) is 2.08. The molecule has 0 saturated heterocycles. The average Bonchev–Trinajstić information content (AvgIpc) is 2.57. The predicted octanol–water partition coefficient (Wildman–Crippen LogP) is 3.26. The molecule has 1 amide bonds. The number of aromatic carboxylic acids is 1. The standard InChI is InChI=1S/C18H17NO5/c1-3-16(20)24-13-9-7-12(8-10-13)17(21)19-15-6-4-5-14(11(15)2)18(22)23/h4-10H,3H2,1-2H3,(H,19,21)(H,22,23). The minimum absolute atomic E-state index is 0.134. The van der Waals surface area contributed by atoms with E-state index in [1.54, 1.807) is 26.0 Å². The molecule has 0 aromatic heterocycles. The summed E-state index contributed by atoms with van der Waals surface area (Å²) >= 11 is 0. The molecule has 0 saturated carbocycles. The Morgan fingerprint density at radius 2 is 1.75 bits per heavy atom. The highest BCUT2D eigenvalue weighted by atomic mass is 16.5. The lowest BCUT2D eigenvalue weighted by Crippen LogP contribution is -2.14. The van der Waals surface area contributed by atoms with Gasteiger partial charge < -0.3 is 15.2 Å². The summed E-state index contributed by atoms with van der Waals surface area (Å²) < 4.78 is 5.04. The number of esters is 1. The van der Waals surface area contributed by atoms with E-state index in [0.29, 0.717) is 22.6 Å². The molecule has 0 radical (unpaired) electrons. The Balaban J connectivity index is 2.14. The number of carboxylic acid groups (broad SMARTS) is 1. The Morgan fingerprint density at radius 1 is 1.08 bits per heavy atom. The van der Waals surface area contributed by atoms with Crippen molar-refractivity contribution in [1.29, 1.82) is 0 Å². The molecule has 24 heavy (non-hydrogen) atoms. The van der Waals surface area contributed by atoms with Crippen LogP contribution in [0.2, 0.25) is 0 Å². The molecule has 0 atom stereocenters. The topological polar surface area (TPSA) is 92.7 Å². The number of carbonyl (C=O) groups excluding carboxylic acids is 2. The number of hydrogen-bond donors (Lipinski definition) is 2. The van der Waals surface area contributed by atoms with Gasteiger partial charge in [-0.1, -0.05) is 13.0 Å². The molecule has 0 unspecified atom stereocenters. The molecule has 124 valence electrons. The van der Waals surface area contributed by atoms with Gasteiger partial charge in [-0.3, -0.25) is 9.59 Å². The maximum atomic E-state index is 12.3. The fourth-order valence-corrected chi connectivity index (χ4v) is 2.08. The van der Waals surface area contributed by atoms with Crippen LogP contribution in [0, 0.1) is 6.92 Å². The van der Waals surface area contributed by atoms with E-state index < -0.39 is 5.97 Å². The fraction of sp³-hybridized carbons (Fsp3) is 0.167. The van der Waals surface area contributed by atoms with Gasteiger partial charge in [0.1, 0.15) is 5.75 Å². The monoisotopic (exact) mass is 327 g/mol. The Hall–Kier alpha value is -3.15. The zero-order valence-electron chi connectivity index (χ0n) is 13.3. The normalized spacial score (nSPS) is 10.1. The first-order valence-electron chi connectivity index (χ1n) is 7.37. The first kappa shape index (κ1) is 17.2. The van der Waals surface area contributed by atoms with E-state index >= 15 is 0 Å². The summed E-state index contributed by atoms with van der Waals surface area (Å²) in [6, 6.07) is 10.8. The molecule has 0 fully saturated rings. The van der Waals surface area contributed by atoms with Crippen molar-refractivity contribution in [2.75, 3.05) is 5.32 Å². The SMILES string of the molecule is CCC(=O)Oc1ccc(C(=O)Nc2cccc(C(=O)O)c2C)cc1. The van der Waals surface area contributed by atoms with Gasteiger partial charge in [0.25, 0.3) is 5.91 Å². The summed E-state index contributed by atoms with van der Waals surface area (Å²) in [7, 11) is 0. The van der Waals surface area contributed by atoms with Crippen molar-refractivity contribution < 1.29 is 24.2 Å². The smallest absolute Gasteiger partial charge is 0.336 e.